The van der Waals surface area contributed by atoms with Crippen molar-refractivity contribution >= 4 is 60.7 Å². The van der Waals surface area contributed by atoms with Gasteiger partial charge in [-0.15, -0.1) is 0 Å². The first-order valence-electron chi connectivity index (χ1n) is 19.0. The lowest BCUT2D eigenvalue weighted by Crippen LogP contribution is -2.30. The van der Waals surface area contributed by atoms with Crippen molar-refractivity contribution < 1.29 is 4.74 Å². The molecule has 0 unspecified atom stereocenters. The Hall–Kier alpha value is -7.04. The van der Waals surface area contributed by atoms with E-state index in [9.17, 15) is 0 Å². The summed E-state index contributed by atoms with van der Waals surface area (Å²) in [5, 5.41) is 4.91. The van der Waals surface area contributed by atoms with E-state index >= 15 is 0 Å². The molecule has 0 saturated heterocycles. The summed E-state index contributed by atoms with van der Waals surface area (Å²) >= 11 is 0. The van der Waals surface area contributed by atoms with Gasteiger partial charge in [-0.25, -0.2) is 0 Å². The highest BCUT2D eigenvalue weighted by Gasteiger charge is 2.36. The molecule has 0 saturated carbocycles. The highest BCUT2D eigenvalue weighted by Crippen LogP contribution is 2.52. The number of para-hydroxylation sites is 6. The molecule has 0 radical (unpaired) electrons. The maximum absolute atomic E-state index is 6.35. The van der Waals surface area contributed by atoms with E-state index in [4.69, 9.17) is 4.74 Å². The van der Waals surface area contributed by atoms with Gasteiger partial charge in [0.2, 0.25) is 0 Å². The van der Waals surface area contributed by atoms with Crippen LogP contribution >= 0.6 is 0 Å². The highest BCUT2D eigenvalue weighted by atomic mass is 16.5. The predicted molar refractivity (Wildman–Crippen MR) is 227 cm³/mol. The average molecular weight is 706 g/mol. The molecule has 0 fully saturated rings. The Kier molecular flexibility index (Phi) is 6.09. The van der Waals surface area contributed by atoms with Crippen LogP contribution in [0.25, 0.3) is 66.1 Å². The molecule has 2 aliphatic rings. The molecular weight excluding hydrogens is 671 g/mol. The van der Waals surface area contributed by atoms with Gasteiger partial charge in [-0.05, 0) is 95.1 Å². The van der Waals surface area contributed by atoms with E-state index < -0.39 is 0 Å². The van der Waals surface area contributed by atoms with E-state index in [0.29, 0.717) is 0 Å². The Balaban J connectivity index is 0.983. The number of ether oxygens (including phenoxy) is 1. The smallest absolute Gasteiger partial charge is 0.152 e. The van der Waals surface area contributed by atoms with Gasteiger partial charge >= 0.3 is 0 Å². The molecule has 10 aromatic rings. The zero-order valence-corrected chi connectivity index (χ0v) is 30.5. The third kappa shape index (κ3) is 4.17. The fourth-order valence-corrected chi connectivity index (χ4v) is 9.52. The minimum absolute atomic E-state index is 0.0990. The molecule has 0 N–H and O–H groups in total. The van der Waals surface area contributed by atoms with Crippen LogP contribution in [0.5, 0.6) is 11.5 Å². The van der Waals surface area contributed by atoms with Gasteiger partial charge in [0.1, 0.15) is 0 Å². The lowest BCUT2D eigenvalue weighted by Gasteiger charge is -2.42. The standard InChI is InChI=1S/C51H35N3O/c1-51(2)40-14-4-7-17-44(40)53(45-18-8-5-15-41(45)51)35-27-29-43-39(31-35)36-12-3-6-16-42(36)52(43)34-25-22-32(23-26-34)33-24-28-37-38-13-11-21-49-50(38)54(47(37)30-33)46-19-9-10-20-48(46)55-49/h3-31H,1-2H3. The van der Waals surface area contributed by atoms with Gasteiger partial charge in [0, 0.05) is 38.3 Å². The van der Waals surface area contributed by atoms with Crippen LogP contribution in [0, 0.1) is 0 Å². The minimum atomic E-state index is -0.0990. The molecule has 2 aromatic heterocycles. The SMILES string of the molecule is CC1(C)c2ccccc2N(c2ccc3c(c2)c2ccccc2n3-c2ccc(-c3ccc4c5cccc6c5n(c4c3)-c3ccccc3O6)cc2)c2ccccc21. The van der Waals surface area contributed by atoms with Crippen LogP contribution in [0.4, 0.5) is 17.1 Å². The number of hydrogen-bond donors (Lipinski definition) is 0. The molecule has 8 aromatic carbocycles. The number of rotatable bonds is 3. The molecule has 0 bridgehead atoms. The first-order chi connectivity index (χ1) is 27.0. The lowest BCUT2D eigenvalue weighted by molar-refractivity contribution is 0.476. The number of anilines is 3. The van der Waals surface area contributed by atoms with Gasteiger partial charge in [-0.3, -0.25) is 0 Å². The Morgan fingerprint density at radius 2 is 1.00 bits per heavy atom. The van der Waals surface area contributed by atoms with Crippen LogP contribution in [0.3, 0.4) is 0 Å². The summed E-state index contributed by atoms with van der Waals surface area (Å²) in [5.41, 5.74) is 15.5. The average Bonchev–Trinajstić information content (AvgIpc) is 3.75. The maximum atomic E-state index is 6.35. The number of hydrogen-bond acceptors (Lipinski definition) is 2. The van der Waals surface area contributed by atoms with Crippen LogP contribution in [0.15, 0.2) is 176 Å². The van der Waals surface area contributed by atoms with Crippen molar-refractivity contribution in [2.45, 2.75) is 19.3 Å². The zero-order chi connectivity index (χ0) is 36.4. The van der Waals surface area contributed by atoms with E-state index in [1.165, 1.54) is 71.7 Å². The number of aromatic nitrogens is 2. The Morgan fingerprint density at radius 1 is 0.400 bits per heavy atom. The van der Waals surface area contributed by atoms with Crippen LogP contribution in [-0.4, -0.2) is 9.13 Å². The number of nitrogens with zero attached hydrogens (tertiary/aromatic N) is 3. The lowest BCUT2D eigenvalue weighted by atomic mass is 9.73. The Bertz CT molecular complexity index is 3170. The molecule has 55 heavy (non-hydrogen) atoms. The molecule has 260 valence electrons. The molecule has 4 nitrogen and oxygen atoms in total. The van der Waals surface area contributed by atoms with Crippen LogP contribution in [0.1, 0.15) is 25.0 Å². The summed E-state index contributed by atoms with van der Waals surface area (Å²) < 4.78 is 11.1. The molecule has 2 aliphatic heterocycles. The second kappa shape index (κ2) is 11.0. The fraction of sp³-hybridized carbons (Fsp3) is 0.0588. The first-order valence-corrected chi connectivity index (χ1v) is 19.0. The van der Waals surface area contributed by atoms with E-state index in [0.717, 1.165) is 34.1 Å². The van der Waals surface area contributed by atoms with Crippen molar-refractivity contribution in [1.82, 2.24) is 9.13 Å². The molecule has 4 heterocycles. The fourth-order valence-electron chi connectivity index (χ4n) is 9.52. The summed E-state index contributed by atoms with van der Waals surface area (Å²) in [6.07, 6.45) is 0. The molecule has 0 aliphatic carbocycles. The molecular formula is C51H35N3O. The summed E-state index contributed by atoms with van der Waals surface area (Å²) in [7, 11) is 0. The van der Waals surface area contributed by atoms with Crippen molar-refractivity contribution in [3.8, 4) is 34.0 Å². The van der Waals surface area contributed by atoms with Crippen LogP contribution in [0.2, 0.25) is 0 Å². The van der Waals surface area contributed by atoms with E-state index in [1.54, 1.807) is 0 Å². The van der Waals surface area contributed by atoms with Crippen molar-refractivity contribution in [3.05, 3.63) is 187 Å². The van der Waals surface area contributed by atoms with Crippen molar-refractivity contribution in [2.75, 3.05) is 4.90 Å². The second-order valence-electron chi connectivity index (χ2n) is 15.4. The molecule has 4 heteroatoms. The zero-order valence-electron chi connectivity index (χ0n) is 30.5. The van der Waals surface area contributed by atoms with Gasteiger partial charge < -0.3 is 18.8 Å². The second-order valence-corrected chi connectivity index (χ2v) is 15.4. The molecule has 12 rings (SSSR count). The van der Waals surface area contributed by atoms with Gasteiger partial charge in [0.15, 0.2) is 11.5 Å². The monoisotopic (exact) mass is 705 g/mol. The molecule has 0 amide bonds. The third-order valence-corrected chi connectivity index (χ3v) is 12.1. The van der Waals surface area contributed by atoms with Crippen molar-refractivity contribution in [1.29, 1.82) is 0 Å². The van der Waals surface area contributed by atoms with E-state index in [-0.39, 0.29) is 5.41 Å². The largest absolute Gasteiger partial charge is 0.453 e. The van der Waals surface area contributed by atoms with Gasteiger partial charge in [0.05, 0.1) is 39.1 Å². The quantitative estimate of drug-likeness (QED) is 0.183. The highest BCUT2D eigenvalue weighted by molar-refractivity contribution is 6.13. The minimum Gasteiger partial charge on any atom is -0.453 e. The van der Waals surface area contributed by atoms with E-state index in [1.807, 2.05) is 12.1 Å². The van der Waals surface area contributed by atoms with Crippen LogP contribution in [-0.2, 0) is 5.41 Å². The topological polar surface area (TPSA) is 22.3 Å². The van der Waals surface area contributed by atoms with Crippen LogP contribution < -0.4 is 9.64 Å². The maximum Gasteiger partial charge on any atom is 0.152 e. The summed E-state index contributed by atoms with van der Waals surface area (Å²) in [5.74, 6) is 1.77. The van der Waals surface area contributed by atoms with Gasteiger partial charge in [-0.2, -0.15) is 0 Å². The molecule has 0 atom stereocenters. The third-order valence-electron chi connectivity index (χ3n) is 12.1. The van der Waals surface area contributed by atoms with E-state index in [2.05, 4.69) is 192 Å². The number of benzene rings is 8. The van der Waals surface area contributed by atoms with Gasteiger partial charge in [-0.1, -0.05) is 117 Å². The molecule has 0 spiro atoms. The Morgan fingerprint density at radius 3 is 1.80 bits per heavy atom. The first kappa shape index (κ1) is 30.4. The van der Waals surface area contributed by atoms with Gasteiger partial charge in [0.25, 0.3) is 0 Å². The Labute approximate surface area is 318 Å². The summed E-state index contributed by atoms with van der Waals surface area (Å²) in [4.78, 5) is 2.45. The summed E-state index contributed by atoms with van der Waals surface area (Å²) in [6.45, 7) is 4.68. The number of fused-ring (bicyclic) bond motifs is 10. The van der Waals surface area contributed by atoms with Crippen molar-refractivity contribution in [3.63, 3.8) is 0 Å². The normalized spacial score (nSPS) is 13.9. The predicted octanol–water partition coefficient (Wildman–Crippen LogP) is 13.8. The van der Waals surface area contributed by atoms with Crippen molar-refractivity contribution in [2.24, 2.45) is 0 Å². The summed E-state index contributed by atoms with van der Waals surface area (Å²) in [6, 6.07) is 64.0.